The second-order valence-electron chi connectivity index (χ2n) is 10.7. The molecule has 1 aliphatic heterocycles. The molecule has 1 atom stereocenters. The minimum atomic E-state index is -0.619. The maximum Gasteiger partial charge on any atom is 0.271 e. The molecule has 42 heavy (non-hydrogen) atoms. The van der Waals surface area contributed by atoms with E-state index in [0.29, 0.717) is 41.8 Å². The lowest BCUT2D eigenvalue weighted by atomic mass is 9.96. The molecule has 216 valence electrons. The van der Waals surface area contributed by atoms with Gasteiger partial charge in [0.1, 0.15) is 18.1 Å². The quantitative estimate of drug-likeness (QED) is 0.299. The van der Waals surface area contributed by atoms with Gasteiger partial charge in [-0.05, 0) is 73.2 Å². The highest BCUT2D eigenvalue weighted by molar-refractivity contribution is 6.05. The minimum Gasteiger partial charge on any atom is -0.496 e. The molecule has 1 aliphatic carbocycles. The number of hydrogen-bond donors (Lipinski definition) is 2. The van der Waals surface area contributed by atoms with E-state index < -0.39 is 5.91 Å². The van der Waals surface area contributed by atoms with Gasteiger partial charge in [0.05, 0.1) is 32.0 Å². The molecule has 0 radical (unpaired) electrons. The lowest BCUT2D eigenvalue weighted by molar-refractivity contribution is -0.125. The number of fused-ring (bicyclic) bond motifs is 1. The van der Waals surface area contributed by atoms with Gasteiger partial charge in [0.2, 0.25) is 0 Å². The second kappa shape index (κ2) is 11.3. The Hall–Kier alpha value is -4.70. The number of nitrogens with two attached hydrogens (primary N) is 1. The van der Waals surface area contributed by atoms with Crippen LogP contribution in [0.5, 0.6) is 11.5 Å². The van der Waals surface area contributed by atoms with E-state index in [1.54, 1.807) is 19.1 Å². The van der Waals surface area contributed by atoms with E-state index >= 15 is 0 Å². The van der Waals surface area contributed by atoms with Crippen LogP contribution in [0.3, 0.4) is 0 Å². The summed E-state index contributed by atoms with van der Waals surface area (Å²) in [5, 5.41) is 12.8. The molecule has 0 spiro atoms. The monoisotopic (exact) mass is 567 g/mol. The van der Waals surface area contributed by atoms with Crippen LogP contribution in [-0.4, -0.2) is 62.0 Å². The molecule has 10 nitrogen and oxygen atoms in total. The zero-order valence-electron chi connectivity index (χ0n) is 23.8. The van der Waals surface area contributed by atoms with E-state index in [4.69, 9.17) is 19.9 Å². The van der Waals surface area contributed by atoms with Crippen molar-refractivity contribution in [1.82, 2.24) is 10.2 Å². The van der Waals surface area contributed by atoms with Gasteiger partial charge in [0.25, 0.3) is 11.8 Å². The summed E-state index contributed by atoms with van der Waals surface area (Å²) in [7, 11) is 3.25. The minimum absolute atomic E-state index is 0.0724. The first-order chi connectivity index (χ1) is 20.4. The number of nitrogens with zero attached hydrogens (tertiary/aromatic N) is 3. The van der Waals surface area contributed by atoms with E-state index in [9.17, 15) is 9.59 Å². The van der Waals surface area contributed by atoms with Gasteiger partial charge < -0.3 is 30.2 Å². The number of nitrogens with one attached hydrogen (secondary N) is 1. The first-order valence-electron chi connectivity index (χ1n) is 14.0. The smallest absolute Gasteiger partial charge is 0.271 e. The van der Waals surface area contributed by atoms with Crippen molar-refractivity contribution in [1.29, 1.82) is 0 Å². The first-order valence-corrected chi connectivity index (χ1v) is 14.0. The van der Waals surface area contributed by atoms with E-state index in [2.05, 4.69) is 22.4 Å². The highest BCUT2D eigenvalue weighted by Gasteiger charge is 2.29. The van der Waals surface area contributed by atoms with Crippen LogP contribution < -0.4 is 25.4 Å². The van der Waals surface area contributed by atoms with Crippen LogP contribution in [0, 0.1) is 5.92 Å². The van der Waals surface area contributed by atoms with Gasteiger partial charge in [0, 0.05) is 40.9 Å². The standard InChI is InChI=1S/C32H33N5O5/c1-18(19-4-5-19)34-30-24-9-6-21(15-26(24)35-36-31(30)32(33)39)25-14-20(7-11-27(25)40-2)23-10-8-22(16-28(23)41-3)37-12-13-42-17-29(37)38/h6-11,14-16,18-19H,4-5,12-13,17H2,1-3H3,(H2,33,39)(H,34,35). The van der Waals surface area contributed by atoms with Gasteiger partial charge in [-0.3, -0.25) is 9.59 Å². The molecule has 4 aromatic rings. The first kappa shape index (κ1) is 27.5. The fourth-order valence-corrected chi connectivity index (χ4v) is 5.51. The Bertz CT molecular complexity index is 1690. The number of methoxy groups -OCH3 is 2. The van der Waals surface area contributed by atoms with Crippen LogP contribution in [0.2, 0.25) is 0 Å². The number of carbonyl (C=O) groups is 2. The number of morpholine rings is 1. The normalized spacial score (nSPS) is 15.9. The third-order valence-electron chi connectivity index (χ3n) is 8.00. The predicted molar refractivity (Wildman–Crippen MR) is 161 cm³/mol. The van der Waals surface area contributed by atoms with Gasteiger partial charge in [-0.25, -0.2) is 0 Å². The van der Waals surface area contributed by atoms with Crippen LogP contribution in [0.15, 0.2) is 54.6 Å². The molecule has 3 N–H and O–H groups in total. The fraction of sp³-hybridized carbons (Fsp3) is 0.312. The number of benzene rings is 3. The summed E-state index contributed by atoms with van der Waals surface area (Å²) in [5.41, 5.74) is 11.3. The lowest BCUT2D eigenvalue weighted by Crippen LogP contribution is -2.41. The Morgan fingerprint density at radius 3 is 2.48 bits per heavy atom. The zero-order chi connectivity index (χ0) is 29.4. The largest absolute Gasteiger partial charge is 0.496 e. The Labute approximate surface area is 243 Å². The van der Waals surface area contributed by atoms with E-state index in [0.717, 1.165) is 46.2 Å². The number of ether oxygens (including phenoxy) is 3. The van der Waals surface area contributed by atoms with Crippen molar-refractivity contribution in [2.75, 3.05) is 44.2 Å². The molecule has 0 bridgehead atoms. The van der Waals surface area contributed by atoms with Crippen molar-refractivity contribution in [2.24, 2.45) is 11.7 Å². The maximum absolute atomic E-state index is 12.4. The summed E-state index contributed by atoms with van der Waals surface area (Å²) < 4.78 is 16.8. The van der Waals surface area contributed by atoms with Crippen LogP contribution >= 0.6 is 0 Å². The van der Waals surface area contributed by atoms with Crippen LogP contribution in [-0.2, 0) is 9.53 Å². The molecule has 1 aromatic heterocycles. The third kappa shape index (κ3) is 5.21. The molecular weight excluding hydrogens is 534 g/mol. The van der Waals surface area contributed by atoms with E-state index in [1.807, 2.05) is 54.6 Å². The summed E-state index contributed by atoms with van der Waals surface area (Å²) in [6, 6.07) is 17.7. The van der Waals surface area contributed by atoms with Crippen LogP contribution in [0.25, 0.3) is 33.2 Å². The maximum atomic E-state index is 12.4. The zero-order valence-corrected chi connectivity index (χ0v) is 23.8. The number of hydrogen-bond acceptors (Lipinski definition) is 8. The second-order valence-corrected chi connectivity index (χ2v) is 10.7. The Morgan fingerprint density at radius 2 is 1.76 bits per heavy atom. The molecule has 6 rings (SSSR count). The number of anilines is 2. The summed E-state index contributed by atoms with van der Waals surface area (Å²) in [6.07, 6.45) is 2.32. The van der Waals surface area contributed by atoms with E-state index in [1.165, 1.54) is 0 Å². The summed E-state index contributed by atoms with van der Waals surface area (Å²) in [5.74, 6) is 1.21. The molecule has 1 unspecified atom stereocenters. The van der Waals surface area contributed by atoms with Crippen LogP contribution in [0.1, 0.15) is 30.3 Å². The molecular formula is C32H33N5O5. The number of amides is 2. The van der Waals surface area contributed by atoms with Gasteiger partial charge in [-0.2, -0.15) is 0 Å². The Balaban J connectivity index is 1.40. The molecule has 1 saturated carbocycles. The van der Waals surface area contributed by atoms with E-state index in [-0.39, 0.29) is 24.2 Å². The summed E-state index contributed by atoms with van der Waals surface area (Å²) in [4.78, 5) is 26.3. The molecule has 2 amide bonds. The topological polar surface area (TPSA) is 129 Å². The van der Waals surface area contributed by atoms with Crippen LogP contribution in [0.4, 0.5) is 11.4 Å². The SMILES string of the molecule is COc1cc(N2CCOCC2=O)ccc1-c1ccc(OC)c(-c2ccc3c(NC(C)C4CC4)c(C(N)=O)nnc3c2)c1. The van der Waals surface area contributed by atoms with Gasteiger partial charge in [-0.15, -0.1) is 10.2 Å². The number of primary amides is 1. The predicted octanol–water partition coefficient (Wildman–Crippen LogP) is 4.65. The molecule has 2 aliphatic rings. The Morgan fingerprint density at radius 1 is 1.00 bits per heavy atom. The molecule has 10 heteroatoms. The fourth-order valence-electron chi connectivity index (χ4n) is 5.51. The van der Waals surface area contributed by atoms with Crippen molar-refractivity contribution in [3.05, 3.63) is 60.3 Å². The Kier molecular flexibility index (Phi) is 7.38. The highest BCUT2D eigenvalue weighted by Crippen LogP contribution is 2.41. The number of carbonyl (C=O) groups excluding carboxylic acids is 2. The third-order valence-corrected chi connectivity index (χ3v) is 8.00. The average Bonchev–Trinajstić information content (AvgIpc) is 3.86. The lowest BCUT2D eigenvalue weighted by Gasteiger charge is -2.27. The van der Waals surface area contributed by atoms with Crippen molar-refractivity contribution >= 4 is 34.1 Å². The average molecular weight is 568 g/mol. The van der Waals surface area contributed by atoms with Crippen molar-refractivity contribution < 1.29 is 23.8 Å². The van der Waals surface area contributed by atoms with Gasteiger partial charge in [-0.1, -0.05) is 12.1 Å². The summed E-state index contributed by atoms with van der Waals surface area (Å²) in [6.45, 7) is 3.17. The van der Waals surface area contributed by atoms with Gasteiger partial charge >= 0.3 is 0 Å². The van der Waals surface area contributed by atoms with Crippen molar-refractivity contribution in [3.8, 4) is 33.8 Å². The molecule has 2 fully saturated rings. The number of aromatic nitrogens is 2. The van der Waals surface area contributed by atoms with Gasteiger partial charge in [0.15, 0.2) is 5.69 Å². The summed E-state index contributed by atoms with van der Waals surface area (Å²) >= 11 is 0. The highest BCUT2D eigenvalue weighted by atomic mass is 16.5. The van der Waals surface area contributed by atoms with Crippen molar-refractivity contribution in [3.63, 3.8) is 0 Å². The van der Waals surface area contributed by atoms with Crippen molar-refractivity contribution in [2.45, 2.75) is 25.8 Å². The molecule has 2 heterocycles. The molecule has 3 aromatic carbocycles. The molecule has 1 saturated heterocycles. The number of rotatable bonds is 9.